The summed E-state index contributed by atoms with van der Waals surface area (Å²) in [7, 11) is 0. The molecule has 0 heterocycles. The summed E-state index contributed by atoms with van der Waals surface area (Å²) in [5.41, 5.74) is 1.77. The molecular formula is C22H28N2O2. The molecule has 138 valence electrons. The predicted octanol–water partition coefficient (Wildman–Crippen LogP) is 4.27. The van der Waals surface area contributed by atoms with Crippen molar-refractivity contribution < 1.29 is 9.59 Å². The summed E-state index contributed by atoms with van der Waals surface area (Å²) < 4.78 is 0. The molecule has 0 aliphatic rings. The van der Waals surface area contributed by atoms with E-state index in [1.54, 1.807) is 24.3 Å². The number of benzene rings is 2. The highest BCUT2D eigenvalue weighted by atomic mass is 16.2. The highest BCUT2D eigenvalue weighted by Gasteiger charge is 2.21. The van der Waals surface area contributed by atoms with Crippen molar-refractivity contribution in [2.45, 2.75) is 52.7 Å². The second kappa shape index (κ2) is 8.17. The Morgan fingerprint density at radius 2 is 1.58 bits per heavy atom. The monoisotopic (exact) mass is 352 g/mol. The van der Waals surface area contributed by atoms with Gasteiger partial charge in [0.15, 0.2) is 0 Å². The van der Waals surface area contributed by atoms with Crippen LogP contribution in [-0.2, 0) is 6.54 Å². The van der Waals surface area contributed by atoms with Gasteiger partial charge in [0, 0.05) is 29.3 Å². The molecular weight excluding hydrogens is 324 g/mol. The van der Waals surface area contributed by atoms with Gasteiger partial charge in [-0.1, -0.05) is 36.4 Å². The fourth-order valence-electron chi connectivity index (χ4n) is 2.64. The van der Waals surface area contributed by atoms with Crippen molar-refractivity contribution in [3.05, 3.63) is 71.3 Å². The zero-order chi connectivity index (χ0) is 19.3. The highest BCUT2D eigenvalue weighted by Crippen LogP contribution is 2.15. The number of rotatable bonds is 5. The second-order valence-corrected chi connectivity index (χ2v) is 7.80. The van der Waals surface area contributed by atoms with Gasteiger partial charge in [0.1, 0.15) is 0 Å². The zero-order valence-electron chi connectivity index (χ0n) is 16.2. The van der Waals surface area contributed by atoms with Crippen LogP contribution in [0, 0.1) is 0 Å². The average molecular weight is 352 g/mol. The van der Waals surface area contributed by atoms with Crippen LogP contribution in [0.15, 0.2) is 54.6 Å². The summed E-state index contributed by atoms with van der Waals surface area (Å²) in [5.74, 6) is -0.249. The van der Waals surface area contributed by atoms with Gasteiger partial charge < -0.3 is 10.2 Å². The Bertz CT molecular complexity index is 761. The van der Waals surface area contributed by atoms with E-state index in [1.807, 2.05) is 69.9 Å². The molecule has 0 aromatic heterocycles. The number of carbonyl (C=O) groups excluding carboxylic acids is 2. The predicted molar refractivity (Wildman–Crippen MR) is 105 cm³/mol. The van der Waals surface area contributed by atoms with Crippen molar-refractivity contribution in [1.82, 2.24) is 10.2 Å². The van der Waals surface area contributed by atoms with Gasteiger partial charge in [-0.25, -0.2) is 0 Å². The van der Waals surface area contributed by atoms with Crippen LogP contribution in [0.4, 0.5) is 0 Å². The molecule has 0 aliphatic heterocycles. The van der Waals surface area contributed by atoms with Crippen LogP contribution in [0.5, 0.6) is 0 Å². The molecule has 0 fully saturated rings. The van der Waals surface area contributed by atoms with E-state index >= 15 is 0 Å². The first-order chi connectivity index (χ1) is 12.2. The van der Waals surface area contributed by atoms with Crippen LogP contribution in [0.3, 0.4) is 0 Å². The Morgan fingerprint density at radius 3 is 2.15 bits per heavy atom. The van der Waals surface area contributed by atoms with Crippen LogP contribution in [0.2, 0.25) is 0 Å². The van der Waals surface area contributed by atoms with Crippen molar-refractivity contribution in [3.8, 4) is 0 Å². The summed E-state index contributed by atoms with van der Waals surface area (Å²) >= 11 is 0. The molecule has 0 atom stereocenters. The lowest BCUT2D eigenvalue weighted by molar-refractivity contribution is 0.0690. The first kappa shape index (κ1) is 19.7. The van der Waals surface area contributed by atoms with Gasteiger partial charge >= 0.3 is 0 Å². The highest BCUT2D eigenvalue weighted by molar-refractivity contribution is 6.00. The Morgan fingerprint density at radius 1 is 0.962 bits per heavy atom. The van der Waals surface area contributed by atoms with Gasteiger partial charge in [0.25, 0.3) is 11.8 Å². The minimum absolute atomic E-state index is 0.0507. The van der Waals surface area contributed by atoms with E-state index in [9.17, 15) is 9.59 Å². The normalized spacial score (nSPS) is 11.3. The molecule has 0 unspecified atom stereocenters. The summed E-state index contributed by atoms with van der Waals surface area (Å²) in [6.07, 6.45) is 0. The van der Waals surface area contributed by atoms with Crippen molar-refractivity contribution in [2.24, 2.45) is 0 Å². The number of nitrogens with one attached hydrogen (secondary N) is 1. The van der Waals surface area contributed by atoms with E-state index in [0.29, 0.717) is 17.7 Å². The van der Waals surface area contributed by atoms with Crippen LogP contribution >= 0.6 is 0 Å². The van der Waals surface area contributed by atoms with E-state index in [1.165, 1.54) is 0 Å². The Labute approximate surface area is 156 Å². The minimum atomic E-state index is -0.325. The van der Waals surface area contributed by atoms with Gasteiger partial charge in [-0.2, -0.15) is 0 Å². The standard InChI is InChI=1S/C22H28N2O2/c1-16(2)24(15-17-10-7-6-8-11-17)21(26)19-13-9-12-18(14-19)20(25)23-22(3,4)5/h6-14,16H,15H2,1-5H3,(H,23,25). The summed E-state index contributed by atoms with van der Waals surface area (Å²) in [6.45, 7) is 10.3. The number of amides is 2. The third kappa shape index (κ3) is 5.45. The first-order valence-electron chi connectivity index (χ1n) is 8.95. The molecule has 26 heavy (non-hydrogen) atoms. The molecule has 0 spiro atoms. The zero-order valence-corrected chi connectivity index (χ0v) is 16.2. The SMILES string of the molecule is CC(C)N(Cc1ccccc1)C(=O)c1cccc(C(=O)NC(C)(C)C)c1. The van der Waals surface area contributed by atoms with Crippen molar-refractivity contribution in [1.29, 1.82) is 0 Å². The van der Waals surface area contributed by atoms with E-state index in [0.717, 1.165) is 5.56 Å². The van der Waals surface area contributed by atoms with E-state index < -0.39 is 0 Å². The van der Waals surface area contributed by atoms with Gasteiger partial charge in [0.05, 0.1) is 0 Å². The Hall–Kier alpha value is -2.62. The van der Waals surface area contributed by atoms with Gasteiger partial charge in [0.2, 0.25) is 0 Å². The molecule has 0 saturated heterocycles. The lowest BCUT2D eigenvalue weighted by Gasteiger charge is -2.27. The van der Waals surface area contributed by atoms with Crippen molar-refractivity contribution in [3.63, 3.8) is 0 Å². The summed E-state index contributed by atoms with van der Waals surface area (Å²) in [6, 6.07) is 16.9. The van der Waals surface area contributed by atoms with Gasteiger partial charge in [-0.15, -0.1) is 0 Å². The quantitative estimate of drug-likeness (QED) is 0.874. The fraction of sp³-hybridized carbons (Fsp3) is 0.364. The van der Waals surface area contributed by atoms with Crippen molar-refractivity contribution in [2.75, 3.05) is 0 Å². The molecule has 2 rings (SSSR count). The van der Waals surface area contributed by atoms with Crippen molar-refractivity contribution >= 4 is 11.8 Å². The number of hydrogen-bond acceptors (Lipinski definition) is 2. The largest absolute Gasteiger partial charge is 0.347 e. The number of carbonyl (C=O) groups is 2. The molecule has 2 amide bonds. The topological polar surface area (TPSA) is 49.4 Å². The third-order valence-corrected chi connectivity index (χ3v) is 3.94. The lowest BCUT2D eigenvalue weighted by Crippen LogP contribution is -2.40. The first-order valence-corrected chi connectivity index (χ1v) is 8.95. The number of hydrogen-bond donors (Lipinski definition) is 1. The molecule has 4 nitrogen and oxygen atoms in total. The Kier molecular flexibility index (Phi) is 6.19. The smallest absolute Gasteiger partial charge is 0.254 e. The Balaban J connectivity index is 2.23. The third-order valence-electron chi connectivity index (χ3n) is 3.94. The molecule has 0 radical (unpaired) electrons. The molecule has 0 saturated carbocycles. The molecule has 4 heteroatoms. The fourth-order valence-corrected chi connectivity index (χ4v) is 2.64. The maximum atomic E-state index is 13.0. The second-order valence-electron chi connectivity index (χ2n) is 7.80. The summed E-state index contributed by atoms with van der Waals surface area (Å²) in [4.78, 5) is 27.3. The lowest BCUT2D eigenvalue weighted by atomic mass is 10.0. The van der Waals surface area contributed by atoms with E-state index in [4.69, 9.17) is 0 Å². The van der Waals surface area contributed by atoms with Crippen LogP contribution in [0.1, 0.15) is 60.9 Å². The molecule has 1 N–H and O–H groups in total. The van der Waals surface area contributed by atoms with E-state index in [2.05, 4.69) is 5.32 Å². The maximum absolute atomic E-state index is 13.0. The van der Waals surface area contributed by atoms with Crippen LogP contribution < -0.4 is 5.32 Å². The summed E-state index contributed by atoms with van der Waals surface area (Å²) in [5, 5.41) is 2.93. The number of nitrogens with zero attached hydrogens (tertiary/aromatic N) is 1. The molecule has 0 bridgehead atoms. The van der Waals surface area contributed by atoms with Gasteiger partial charge in [-0.3, -0.25) is 9.59 Å². The molecule has 0 aliphatic carbocycles. The average Bonchev–Trinajstić information content (AvgIpc) is 2.58. The van der Waals surface area contributed by atoms with E-state index in [-0.39, 0.29) is 23.4 Å². The molecule has 2 aromatic carbocycles. The maximum Gasteiger partial charge on any atom is 0.254 e. The van der Waals surface area contributed by atoms with Crippen LogP contribution in [0.25, 0.3) is 0 Å². The van der Waals surface area contributed by atoms with Crippen LogP contribution in [-0.4, -0.2) is 28.3 Å². The van der Waals surface area contributed by atoms with Gasteiger partial charge in [-0.05, 0) is 58.4 Å². The molecule has 2 aromatic rings. The minimum Gasteiger partial charge on any atom is -0.347 e.